The predicted octanol–water partition coefficient (Wildman–Crippen LogP) is 1.87. The van der Waals surface area contributed by atoms with Gasteiger partial charge in [0.2, 0.25) is 0 Å². The van der Waals surface area contributed by atoms with Crippen LogP contribution in [0.2, 0.25) is 0 Å². The molecule has 0 bridgehead atoms. The highest BCUT2D eigenvalue weighted by Crippen LogP contribution is 2.05. The van der Waals surface area contributed by atoms with Gasteiger partial charge in [-0.3, -0.25) is 9.79 Å². The zero-order valence-corrected chi connectivity index (χ0v) is 17.0. The second-order valence-corrected chi connectivity index (χ2v) is 5.38. The van der Waals surface area contributed by atoms with Crippen LogP contribution in [0.3, 0.4) is 0 Å². The Morgan fingerprint density at radius 3 is 2.52 bits per heavy atom. The highest BCUT2D eigenvalue weighted by molar-refractivity contribution is 14.0. The van der Waals surface area contributed by atoms with Gasteiger partial charge in [-0.2, -0.15) is 0 Å². The molecule has 0 saturated heterocycles. The summed E-state index contributed by atoms with van der Waals surface area (Å²) in [6, 6.07) is 11.7. The largest absolute Gasteiger partial charge is 0.356 e. The summed E-state index contributed by atoms with van der Waals surface area (Å²) in [7, 11) is 3.40. The van der Waals surface area contributed by atoms with Crippen molar-refractivity contribution in [3.8, 4) is 0 Å². The second kappa shape index (κ2) is 11.5. The number of carbonyl (C=O) groups excluding carboxylic acids is 1. The van der Waals surface area contributed by atoms with E-state index in [1.165, 1.54) is 0 Å². The molecule has 2 aromatic rings. The van der Waals surface area contributed by atoms with Gasteiger partial charge < -0.3 is 20.5 Å². The lowest BCUT2D eigenvalue weighted by molar-refractivity contribution is 0.0963. The summed E-state index contributed by atoms with van der Waals surface area (Å²) < 4.78 is 2.12. The average Bonchev–Trinajstić information content (AvgIpc) is 3.13. The Balaban J connectivity index is 0.00000312. The molecule has 0 unspecified atom stereocenters. The quantitative estimate of drug-likeness (QED) is 0.339. The van der Waals surface area contributed by atoms with Gasteiger partial charge >= 0.3 is 0 Å². The Bertz CT molecular complexity index is 670. The highest BCUT2D eigenvalue weighted by Gasteiger charge is 2.04. The first-order valence-electron chi connectivity index (χ1n) is 8.09. The van der Waals surface area contributed by atoms with Crippen molar-refractivity contribution in [2.24, 2.45) is 4.99 Å². The summed E-state index contributed by atoms with van der Waals surface area (Å²) in [6.45, 7) is 2.45. The number of benzene rings is 1. The topological polar surface area (TPSA) is 70.4 Å². The van der Waals surface area contributed by atoms with Gasteiger partial charge in [-0.25, -0.2) is 0 Å². The van der Waals surface area contributed by atoms with E-state index in [4.69, 9.17) is 0 Å². The van der Waals surface area contributed by atoms with E-state index in [2.05, 4.69) is 25.5 Å². The molecule has 0 aliphatic rings. The van der Waals surface area contributed by atoms with Crippen LogP contribution in [-0.2, 0) is 13.0 Å². The van der Waals surface area contributed by atoms with Crippen molar-refractivity contribution >= 4 is 35.8 Å². The molecule has 0 radical (unpaired) electrons. The first-order chi connectivity index (χ1) is 11.7. The maximum atomic E-state index is 11.7. The van der Waals surface area contributed by atoms with Gasteiger partial charge in [-0.05, 0) is 36.2 Å². The summed E-state index contributed by atoms with van der Waals surface area (Å²) in [5.74, 6) is 0.719. The van der Waals surface area contributed by atoms with Crippen LogP contribution in [0.5, 0.6) is 0 Å². The first-order valence-corrected chi connectivity index (χ1v) is 8.09. The van der Waals surface area contributed by atoms with Crippen LogP contribution >= 0.6 is 24.0 Å². The van der Waals surface area contributed by atoms with Crippen LogP contribution in [0.25, 0.3) is 0 Å². The van der Waals surface area contributed by atoms with E-state index in [-0.39, 0.29) is 29.9 Å². The van der Waals surface area contributed by atoms with Crippen LogP contribution in [0.1, 0.15) is 15.9 Å². The van der Waals surface area contributed by atoms with E-state index in [0.717, 1.165) is 37.6 Å². The molecule has 0 atom stereocenters. The molecule has 2 rings (SSSR count). The van der Waals surface area contributed by atoms with Gasteiger partial charge in [0.1, 0.15) is 0 Å². The zero-order valence-electron chi connectivity index (χ0n) is 14.7. The molecule has 0 saturated carbocycles. The predicted molar refractivity (Wildman–Crippen MR) is 113 cm³/mol. The number of hydrogen-bond acceptors (Lipinski definition) is 2. The Hall–Kier alpha value is -2.03. The van der Waals surface area contributed by atoms with Crippen molar-refractivity contribution in [3.63, 3.8) is 0 Å². The van der Waals surface area contributed by atoms with Crippen LogP contribution < -0.4 is 16.0 Å². The average molecular weight is 455 g/mol. The number of amides is 1. The Morgan fingerprint density at radius 1 is 1.12 bits per heavy atom. The zero-order chi connectivity index (χ0) is 17.2. The monoisotopic (exact) mass is 455 g/mol. The Morgan fingerprint density at radius 2 is 1.84 bits per heavy atom. The van der Waals surface area contributed by atoms with E-state index in [1.54, 1.807) is 14.1 Å². The number of aromatic nitrogens is 1. The van der Waals surface area contributed by atoms with E-state index < -0.39 is 0 Å². The maximum absolute atomic E-state index is 11.7. The highest BCUT2D eigenvalue weighted by atomic mass is 127. The van der Waals surface area contributed by atoms with Crippen molar-refractivity contribution < 1.29 is 4.79 Å². The van der Waals surface area contributed by atoms with E-state index in [1.807, 2.05) is 48.8 Å². The third kappa shape index (κ3) is 7.16. The molecule has 6 nitrogen and oxygen atoms in total. The minimum absolute atomic E-state index is 0. The number of nitrogens with zero attached hydrogens (tertiary/aromatic N) is 2. The number of carbonyl (C=O) groups is 1. The normalized spacial score (nSPS) is 10.7. The number of guanidine groups is 1. The van der Waals surface area contributed by atoms with Gasteiger partial charge in [0, 0.05) is 51.7 Å². The summed E-state index contributed by atoms with van der Waals surface area (Å²) in [5.41, 5.74) is 1.80. The molecular formula is C18H26IN5O. The molecule has 1 aromatic carbocycles. The fraction of sp³-hybridized carbons (Fsp3) is 0.333. The molecule has 25 heavy (non-hydrogen) atoms. The molecule has 0 fully saturated rings. The summed E-state index contributed by atoms with van der Waals surface area (Å²) in [4.78, 5) is 15.9. The van der Waals surface area contributed by atoms with Crippen molar-refractivity contribution in [1.82, 2.24) is 20.5 Å². The standard InChI is InChI=1S/C18H25N5O.HI/c1-19-17(24)16-7-5-6-15(14-16)8-9-21-18(20-2)22-10-13-23-11-3-4-12-23;/h3-7,11-12,14H,8-10,13H2,1-2H3,(H,19,24)(H2,20,21,22);1H. The number of aliphatic imine (C=N–C) groups is 1. The van der Waals surface area contributed by atoms with Crippen molar-refractivity contribution in [3.05, 3.63) is 59.9 Å². The van der Waals surface area contributed by atoms with Gasteiger partial charge in [0.05, 0.1) is 0 Å². The fourth-order valence-electron chi connectivity index (χ4n) is 2.38. The second-order valence-electron chi connectivity index (χ2n) is 5.38. The molecule has 136 valence electrons. The molecule has 0 aliphatic carbocycles. The van der Waals surface area contributed by atoms with Crippen LogP contribution in [0.4, 0.5) is 0 Å². The summed E-state index contributed by atoms with van der Waals surface area (Å²) in [5, 5.41) is 9.22. The van der Waals surface area contributed by atoms with Crippen LogP contribution in [0, 0.1) is 0 Å². The molecule has 7 heteroatoms. The van der Waals surface area contributed by atoms with E-state index >= 15 is 0 Å². The van der Waals surface area contributed by atoms with E-state index in [9.17, 15) is 4.79 Å². The lowest BCUT2D eigenvalue weighted by Gasteiger charge is -2.12. The van der Waals surface area contributed by atoms with Crippen molar-refractivity contribution in [2.45, 2.75) is 13.0 Å². The molecular weight excluding hydrogens is 429 g/mol. The molecule has 1 amide bonds. The maximum Gasteiger partial charge on any atom is 0.251 e. The van der Waals surface area contributed by atoms with Gasteiger partial charge in [-0.15, -0.1) is 24.0 Å². The van der Waals surface area contributed by atoms with Crippen LogP contribution in [-0.4, -0.2) is 43.6 Å². The lowest BCUT2D eigenvalue weighted by Crippen LogP contribution is -2.39. The van der Waals surface area contributed by atoms with E-state index in [0.29, 0.717) is 5.56 Å². The number of hydrogen-bond donors (Lipinski definition) is 3. The smallest absolute Gasteiger partial charge is 0.251 e. The SMILES string of the molecule is CN=C(NCCc1cccc(C(=O)NC)c1)NCCn1cccc1.I. The summed E-state index contributed by atoms with van der Waals surface area (Å²) >= 11 is 0. The Labute approximate surface area is 166 Å². The van der Waals surface area contributed by atoms with Gasteiger partial charge in [-0.1, -0.05) is 12.1 Å². The molecule has 0 aliphatic heterocycles. The van der Waals surface area contributed by atoms with Crippen LogP contribution in [0.15, 0.2) is 53.8 Å². The minimum atomic E-state index is -0.0627. The lowest BCUT2D eigenvalue weighted by atomic mass is 10.1. The number of nitrogens with one attached hydrogen (secondary N) is 3. The van der Waals surface area contributed by atoms with Gasteiger partial charge in [0.15, 0.2) is 5.96 Å². The minimum Gasteiger partial charge on any atom is -0.356 e. The summed E-state index contributed by atoms with van der Waals surface area (Å²) in [6.07, 6.45) is 4.90. The number of halogens is 1. The third-order valence-electron chi connectivity index (χ3n) is 3.67. The molecule has 3 N–H and O–H groups in total. The Kier molecular flexibility index (Phi) is 9.68. The molecule has 1 heterocycles. The molecule has 0 spiro atoms. The molecule has 1 aromatic heterocycles. The number of rotatable bonds is 7. The first kappa shape index (κ1) is 21.0. The van der Waals surface area contributed by atoms with Crippen molar-refractivity contribution in [1.29, 1.82) is 0 Å². The third-order valence-corrected chi connectivity index (χ3v) is 3.67. The van der Waals surface area contributed by atoms with Gasteiger partial charge in [0.25, 0.3) is 5.91 Å². The van der Waals surface area contributed by atoms with Crippen molar-refractivity contribution in [2.75, 3.05) is 27.2 Å². The fourth-order valence-corrected chi connectivity index (χ4v) is 2.38.